The van der Waals surface area contributed by atoms with E-state index in [9.17, 15) is 4.39 Å². The van der Waals surface area contributed by atoms with Gasteiger partial charge < -0.3 is 5.73 Å². The van der Waals surface area contributed by atoms with E-state index in [1.165, 1.54) is 0 Å². The number of nitrogens with two attached hydrogens (primary N) is 1. The Kier molecular flexibility index (Phi) is 2.87. The number of halogens is 1. The second kappa shape index (κ2) is 3.71. The Labute approximate surface area is 61.1 Å². The van der Waals surface area contributed by atoms with Crippen molar-refractivity contribution < 1.29 is 4.39 Å². The molecule has 2 heteroatoms. The Bertz CT molecular complexity index is 131. The molecule has 1 aliphatic carbocycles. The van der Waals surface area contributed by atoms with Crippen LogP contribution in [-0.4, -0.2) is 6.54 Å². The summed E-state index contributed by atoms with van der Waals surface area (Å²) in [6, 6.07) is 0. The highest BCUT2D eigenvalue weighted by Crippen LogP contribution is 2.25. The highest BCUT2D eigenvalue weighted by atomic mass is 19.1. The molecule has 0 spiro atoms. The Hall–Kier alpha value is -0.370. The summed E-state index contributed by atoms with van der Waals surface area (Å²) in [5, 5.41) is 0. The van der Waals surface area contributed by atoms with Crippen LogP contribution >= 0.6 is 0 Å². The lowest BCUT2D eigenvalue weighted by Gasteiger charge is -2.17. The minimum Gasteiger partial charge on any atom is -0.330 e. The van der Waals surface area contributed by atoms with Gasteiger partial charge in [-0.05, 0) is 38.1 Å². The van der Waals surface area contributed by atoms with E-state index >= 15 is 0 Å². The van der Waals surface area contributed by atoms with Gasteiger partial charge >= 0.3 is 0 Å². The van der Waals surface area contributed by atoms with E-state index in [0.29, 0.717) is 12.3 Å². The van der Waals surface area contributed by atoms with Crippen LogP contribution in [-0.2, 0) is 0 Å². The molecule has 0 aromatic carbocycles. The molecule has 0 heterocycles. The van der Waals surface area contributed by atoms with Crippen LogP contribution in [0, 0.1) is 5.92 Å². The maximum Gasteiger partial charge on any atom is 0.0960 e. The summed E-state index contributed by atoms with van der Waals surface area (Å²) >= 11 is 0. The van der Waals surface area contributed by atoms with Gasteiger partial charge in [-0.2, -0.15) is 0 Å². The third-order valence-corrected chi connectivity index (χ3v) is 2.04. The smallest absolute Gasteiger partial charge is 0.0960 e. The van der Waals surface area contributed by atoms with Crippen LogP contribution in [0.25, 0.3) is 0 Å². The number of hydrogen-bond acceptors (Lipinski definition) is 1. The minimum atomic E-state index is 0.0632. The standard InChI is InChI=1S/C8H14FN/c9-8-3-1-7(2-4-8)5-6-10/h3,7H,1-2,4-6,10H2. The molecular weight excluding hydrogens is 129 g/mol. The fourth-order valence-electron chi connectivity index (χ4n) is 1.35. The van der Waals surface area contributed by atoms with Crippen molar-refractivity contribution in [1.29, 1.82) is 0 Å². The normalized spacial score (nSPS) is 26.2. The Morgan fingerprint density at radius 3 is 3.00 bits per heavy atom. The largest absolute Gasteiger partial charge is 0.330 e. The zero-order valence-corrected chi connectivity index (χ0v) is 6.15. The molecule has 0 aromatic rings. The average Bonchev–Trinajstić information content (AvgIpc) is 1.95. The molecule has 1 rings (SSSR count). The SMILES string of the molecule is NCCC1CC=C(F)CC1. The first-order valence-electron chi connectivity index (χ1n) is 3.87. The van der Waals surface area contributed by atoms with Crippen LogP contribution in [0.1, 0.15) is 25.7 Å². The Morgan fingerprint density at radius 1 is 1.70 bits per heavy atom. The second-order valence-corrected chi connectivity index (χ2v) is 2.87. The van der Waals surface area contributed by atoms with Crippen molar-refractivity contribution >= 4 is 0 Å². The van der Waals surface area contributed by atoms with Crippen LogP contribution in [0.2, 0.25) is 0 Å². The van der Waals surface area contributed by atoms with Gasteiger partial charge in [-0.25, -0.2) is 4.39 Å². The molecule has 0 fully saturated rings. The predicted octanol–water partition coefficient (Wildman–Crippen LogP) is 1.99. The first-order valence-corrected chi connectivity index (χ1v) is 3.87. The van der Waals surface area contributed by atoms with Gasteiger partial charge in [0.2, 0.25) is 0 Å². The molecule has 0 saturated carbocycles. The van der Waals surface area contributed by atoms with Gasteiger partial charge in [0.1, 0.15) is 0 Å². The lowest BCUT2D eigenvalue weighted by Crippen LogP contribution is -2.10. The quantitative estimate of drug-likeness (QED) is 0.628. The molecule has 1 atom stereocenters. The van der Waals surface area contributed by atoms with Gasteiger partial charge in [0.15, 0.2) is 0 Å². The first kappa shape index (κ1) is 7.73. The van der Waals surface area contributed by atoms with Crippen LogP contribution in [0.4, 0.5) is 4.39 Å². The maximum absolute atomic E-state index is 12.4. The summed E-state index contributed by atoms with van der Waals surface area (Å²) in [6.45, 7) is 0.736. The number of rotatable bonds is 2. The fourth-order valence-corrected chi connectivity index (χ4v) is 1.35. The van der Waals surface area contributed by atoms with Crippen molar-refractivity contribution in [3.05, 3.63) is 11.9 Å². The molecule has 0 saturated heterocycles. The molecule has 0 aliphatic heterocycles. The van der Waals surface area contributed by atoms with Crippen molar-refractivity contribution in [2.45, 2.75) is 25.7 Å². The first-order chi connectivity index (χ1) is 4.83. The minimum absolute atomic E-state index is 0.0632. The van der Waals surface area contributed by atoms with Crippen molar-refractivity contribution in [3.63, 3.8) is 0 Å². The summed E-state index contributed by atoms with van der Waals surface area (Å²) in [7, 11) is 0. The lowest BCUT2D eigenvalue weighted by atomic mass is 9.91. The van der Waals surface area contributed by atoms with Crippen LogP contribution in [0.3, 0.4) is 0 Å². The summed E-state index contributed by atoms with van der Waals surface area (Å²) < 4.78 is 12.4. The molecule has 0 amide bonds. The van der Waals surface area contributed by atoms with Gasteiger partial charge in [0.05, 0.1) is 5.83 Å². The van der Waals surface area contributed by atoms with E-state index in [-0.39, 0.29) is 5.83 Å². The summed E-state index contributed by atoms with van der Waals surface area (Å²) in [4.78, 5) is 0. The maximum atomic E-state index is 12.4. The van der Waals surface area contributed by atoms with E-state index in [0.717, 1.165) is 25.8 Å². The van der Waals surface area contributed by atoms with Crippen LogP contribution in [0.15, 0.2) is 11.9 Å². The molecule has 2 N–H and O–H groups in total. The van der Waals surface area contributed by atoms with Gasteiger partial charge in [0, 0.05) is 0 Å². The highest BCUT2D eigenvalue weighted by molar-refractivity contribution is 4.97. The van der Waals surface area contributed by atoms with E-state index in [2.05, 4.69) is 0 Å². The van der Waals surface area contributed by atoms with Crippen LogP contribution < -0.4 is 5.73 Å². The van der Waals surface area contributed by atoms with Crippen molar-refractivity contribution in [2.75, 3.05) is 6.54 Å². The Morgan fingerprint density at radius 2 is 2.50 bits per heavy atom. The molecule has 58 valence electrons. The fraction of sp³-hybridized carbons (Fsp3) is 0.750. The molecule has 1 nitrogen and oxygen atoms in total. The van der Waals surface area contributed by atoms with E-state index in [4.69, 9.17) is 5.73 Å². The van der Waals surface area contributed by atoms with Gasteiger partial charge in [-0.15, -0.1) is 0 Å². The van der Waals surface area contributed by atoms with Gasteiger partial charge in [-0.1, -0.05) is 6.08 Å². The number of hydrogen-bond donors (Lipinski definition) is 1. The third kappa shape index (κ3) is 2.10. The zero-order valence-electron chi connectivity index (χ0n) is 6.15. The van der Waals surface area contributed by atoms with E-state index in [1.807, 2.05) is 0 Å². The van der Waals surface area contributed by atoms with Gasteiger partial charge in [0.25, 0.3) is 0 Å². The monoisotopic (exact) mass is 143 g/mol. The topological polar surface area (TPSA) is 26.0 Å². The molecular formula is C8H14FN. The van der Waals surface area contributed by atoms with E-state index < -0.39 is 0 Å². The Balaban J connectivity index is 2.27. The second-order valence-electron chi connectivity index (χ2n) is 2.87. The average molecular weight is 143 g/mol. The third-order valence-electron chi connectivity index (χ3n) is 2.04. The summed E-state index contributed by atoms with van der Waals surface area (Å²) in [5.41, 5.74) is 5.38. The predicted molar refractivity (Wildman–Crippen MR) is 40.2 cm³/mol. The van der Waals surface area contributed by atoms with Crippen LogP contribution in [0.5, 0.6) is 0 Å². The number of allylic oxidation sites excluding steroid dienone is 2. The molecule has 0 radical (unpaired) electrons. The lowest BCUT2D eigenvalue weighted by molar-refractivity contribution is 0.406. The molecule has 0 bridgehead atoms. The van der Waals surface area contributed by atoms with Gasteiger partial charge in [-0.3, -0.25) is 0 Å². The highest BCUT2D eigenvalue weighted by Gasteiger charge is 2.12. The van der Waals surface area contributed by atoms with Crippen molar-refractivity contribution in [1.82, 2.24) is 0 Å². The molecule has 0 aromatic heterocycles. The summed E-state index contributed by atoms with van der Waals surface area (Å²) in [5.74, 6) is 0.706. The summed E-state index contributed by atoms with van der Waals surface area (Å²) in [6.07, 6.45) is 5.25. The molecule has 1 unspecified atom stereocenters. The van der Waals surface area contributed by atoms with Crippen molar-refractivity contribution in [3.8, 4) is 0 Å². The molecule has 1 aliphatic rings. The molecule has 10 heavy (non-hydrogen) atoms. The van der Waals surface area contributed by atoms with E-state index in [1.54, 1.807) is 6.08 Å². The van der Waals surface area contributed by atoms with Crippen molar-refractivity contribution in [2.24, 2.45) is 11.7 Å². The zero-order chi connectivity index (χ0) is 7.40.